The average molecular weight is 345 g/mol. The molecule has 0 saturated heterocycles. The van der Waals surface area contributed by atoms with Crippen LogP contribution in [0.25, 0.3) is 0 Å². The first kappa shape index (κ1) is 19.0. The molecule has 1 rings (SSSR count). The molecule has 1 amide bonds. The van der Waals surface area contributed by atoms with Gasteiger partial charge in [0.25, 0.3) is 0 Å². The van der Waals surface area contributed by atoms with E-state index in [4.69, 9.17) is 0 Å². The number of carbonyl (C=O) groups is 1. The van der Waals surface area contributed by atoms with Crippen LogP contribution in [0.1, 0.15) is 26.7 Å². The SMILES string of the molecule is CCC(C)NC(=O)C(CCSC)NS(=O)(=O)c1ccccc1. The fraction of sp³-hybridized carbons (Fsp3) is 0.533. The Morgan fingerprint density at radius 1 is 1.27 bits per heavy atom. The zero-order chi connectivity index (χ0) is 16.6. The zero-order valence-electron chi connectivity index (χ0n) is 13.2. The van der Waals surface area contributed by atoms with Gasteiger partial charge in [-0.25, -0.2) is 8.42 Å². The second kappa shape index (κ2) is 9.17. The molecule has 2 atom stereocenters. The molecular weight excluding hydrogens is 320 g/mol. The Bertz CT molecular complexity index is 561. The van der Waals surface area contributed by atoms with Crippen LogP contribution in [0.15, 0.2) is 35.2 Å². The highest BCUT2D eigenvalue weighted by Gasteiger charge is 2.25. The highest BCUT2D eigenvalue weighted by Crippen LogP contribution is 2.10. The molecule has 0 saturated carbocycles. The van der Waals surface area contributed by atoms with Crippen molar-refractivity contribution in [3.63, 3.8) is 0 Å². The highest BCUT2D eigenvalue weighted by molar-refractivity contribution is 7.98. The highest BCUT2D eigenvalue weighted by atomic mass is 32.2. The summed E-state index contributed by atoms with van der Waals surface area (Å²) in [6.45, 7) is 3.87. The van der Waals surface area contributed by atoms with E-state index in [9.17, 15) is 13.2 Å². The van der Waals surface area contributed by atoms with Gasteiger partial charge < -0.3 is 5.32 Å². The van der Waals surface area contributed by atoms with Gasteiger partial charge in [-0.1, -0.05) is 25.1 Å². The molecule has 1 aromatic carbocycles. The topological polar surface area (TPSA) is 75.3 Å². The van der Waals surface area contributed by atoms with Gasteiger partial charge in [0.05, 0.1) is 4.90 Å². The molecule has 0 heterocycles. The van der Waals surface area contributed by atoms with Crippen molar-refractivity contribution in [2.45, 2.75) is 43.7 Å². The van der Waals surface area contributed by atoms with Crippen molar-refractivity contribution in [3.05, 3.63) is 30.3 Å². The molecule has 0 spiro atoms. The molecule has 0 aliphatic carbocycles. The summed E-state index contributed by atoms with van der Waals surface area (Å²) in [5.74, 6) is 0.429. The summed E-state index contributed by atoms with van der Waals surface area (Å²) in [7, 11) is -3.70. The lowest BCUT2D eigenvalue weighted by atomic mass is 10.2. The minimum absolute atomic E-state index is 0.0190. The van der Waals surface area contributed by atoms with E-state index in [0.717, 1.165) is 6.42 Å². The third-order valence-corrected chi connectivity index (χ3v) is 5.41. The summed E-state index contributed by atoms with van der Waals surface area (Å²) in [6.07, 6.45) is 3.18. The molecule has 0 aliphatic heterocycles. The summed E-state index contributed by atoms with van der Waals surface area (Å²) < 4.78 is 27.3. The molecule has 7 heteroatoms. The Morgan fingerprint density at radius 2 is 1.91 bits per heavy atom. The van der Waals surface area contributed by atoms with Crippen LogP contribution >= 0.6 is 11.8 Å². The van der Waals surface area contributed by atoms with Gasteiger partial charge in [0.2, 0.25) is 15.9 Å². The molecule has 22 heavy (non-hydrogen) atoms. The van der Waals surface area contributed by atoms with Crippen LogP contribution < -0.4 is 10.0 Å². The quantitative estimate of drug-likeness (QED) is 0.718. The third-order valence-electron chi connectivity index (χ3n) is 3.28. The zero-order valence-corrected chi connectivity index (χ0v) is 14.8. The van der Waals surface area contributed by atoms with Gasteiger partial charge in [-0.15, -0.1) is 0 Å². The van der Waals surface area contributed by atoms with Gasteiger partial charge in [0, 0.05) is 6.04 Å². The number of sulfonamides is 1. The average Bonchev–Trinajstić information content (AvgIpc) is 2.51. The van der Waals surface area contributed by atoms with E-state index < -0.39 is 16.1 Å². The Morgan fingerprint density at radius 3 is 2.45 bits per heavy atom. The number of hydrogen-bond donors (Lipinski definition) is 2. The van der Waals surface area contributed by atoms with Crippen LogP contribution in [0.5, 0.6) is 0 Å². The number of amides is 1. The van der Waals surface area contributed by atoms with Gasteiger partial charge in [-0.3, -0.25) is 4.79 Å². The third kappa shape index (κ3) is 5.98. The Labute approximate surface area is 137 Å². The summed E-state index contributed by atoms with van der Waals surface area (Å²) >= 11 is 1.58. The van der Waals surface area contributed by atoms with E-state index in [-0.39, 0.29) is 16.8 Å². The number of carbonyl (C=O) groups excluding carboxylic acids is 1. The van der Waals surface area contributed by atoms with E-state index in [1.54, 1.807) is 30.0 Å². The Balaban J connectivity index is 2.86. The standard InChI is InChI=1S/C15H24N2O3S2/c1-4-12(2)16-15(18)14(10-11-21-3)17-22(19,20)13-8-6-5-7-9-13/h5-9,12,14,17H,4,10-11H2,1-3H3,(H,16,18). The molecule has 2 unspecified atom stereocenters. The second-order valence-electron chi connectivity index (χ2n) is 5.09. The largest absolute Gasteiger partial charge is 0.352 e. The van der Waals surface area contributed by atoms with Gasteiger partial charge in [0.15, 0.2) is 0 Å². The molecule has 0 fully saturated rings. The van der Waals surface area contributed by atoms with E-state index in [0.29, 0.717) is 12.2 Å². The van der Waals surface area contributed by atoms with Crippen molar-refractivity contribution in [2.24, 2.45) is 0 Å². The molecule has 0 aromatic heterocycles. The minimum atomic E-state index is -3.70. The lowest BCUT2D eigenvalue weighted by molar-refractivity contribution is -0.123. The summed E-state index contributed by atoms with van der Waals surface area (Å²) in [5.41, 5.74) is 0. The van der Waals surface area contributed by atoms with Gasteiger partial charge >= 0.3 is 0 Å². The Hall–Kier alpha value is -1.05. The molecule has 0 bridgehead atoms. The Kier molecular flexibility index (Phi) is 7.92. The molecular formula is C15H24N2O3S2. The molecule has 0 radical (unpaired) electrons. The number of rotatable bonds is 9. The first-order chi connectivity index (χ1) is 10.4. The maximum absolute atomic E-state index is 12.4. The summed E-state index contributed by atoms with van der Waals surface area (Å²) in [6, 6.07) is 7.35. The second-order valence-corrected chi connectivity index (χ2v) is 7.79. The minimum Gasteiger partial charge on any atom is -0.352 e. The van der Waals surface area contributed by atoms with Gasteiger partial charge in [-0.05, 0) is 43.9 Å². The maximum Gasteiger partial charge on any atom is 0.241 e. The summed E-state index contributed by atoms with van der Waals surface area (Å²) in [5, 5.41) is 2.84. The van der Waals surface area contributed by atoms with E-state index in [2.05, 4.69) is 10.0 Å². The summed E-state index contributed by atoms with van der Waals surface area (Å²) in [4.78, 5) is 12.4. The number of benzene rings is 1. The number of hydrogen-bond acceptors (Lipinski definition) is 4. The van der Waals surface area contributed by atoms with Crippen molar-refractivity contribution in [1.82, 2.24) is 10.0 Å². The van der Waals surface area contributed by atoms with E-state index in [1.165, 1.54) is 12.1 Å². The van der Waals surface area contributed by atoms with Gasteiger partial charge in [0.1, 0.15) is 6.04 Å². The number of thioether (sulfide) groups is 1. The first-order valence-corrected chi connectivity index (χ1v) is 10.1. The lowest BCUT2D eigenvalue weighted by Gasteiger charge is -2.20. The van der Waals surface area contributed by atoms with Crippen LogP contribution in [-0.4, -0.2) is 38.4 Å². The molecule has 1 aromatic rings. The van der Waals surface area contributed by atoms with Crippen LogP contribution in [-0.2, 0) is 14.8 Å². The fourth-order valence-corrected chi connectivity index (χ4v) is 3.50. The smallest absolute Gasteiger partial charge is 0.241 e. The van der Waals surface area contributed by atoms with Crippen LogP contribution in [0.4, 0.5) is 0 Å². The van der Waals surface area contributed by atoms with Crippen molar-refractivity contribution in [3.8, 4) is 0 Å². The van der Waals surface area contributed by atoms with E-state index in [1.807, 2.05) is 20.1 Å². The normalized spacial score (nSPS) is 14.3. The van der Waals surface area contributed by atoms with Gasteiger partial charge in [-0.2, -0.15) is 16.5 Å². The monoisotopic (exact) mass is 344 g/mol. The number of nitrogens with one attached hydrogen (secondary N) is 2. The maximum atomic E-state index is 12.4. The van der Waals surface area contributed by atoms with Crippen LogP contribution in [0.3, 0.4) is 0 Å². The van der Waals surface area contributed by atoms with Crippen molar-refractivity contribution in [1.29, 1.82) is 0 Å². The molecule has 5 nitrogen and oxygen atoms in total. The van der Waals surface area contributed by atoms with Crippen LogP contribution in [0, 0.1) is 0 Å². The van der Waals surface area contributed by atoms with E-state index >= 15 is 0 Å². The predicted molar refractivity (Wildman–Crippen MR) is 91.4 cm³/mol. The van der Waals surface area contributed by atoms with Crippen molar-refractivity contribution >= 4 is 27.7 Å². The predicted octanol–water partition coefficient (Wildman–Crippen LogP) is 2.00. The lowest BCUT2D eigenvalue weighted by Crippen LogP contribution is -2.49. The van der Waals surface area contributed by atoms with Crippen LogP contribution in [0.2, 0.25) is 0 Å². The molecule has 124 valence electrons. The van der Waals surface area contributed by atoms with Crippen molar-refractivity contribution in [2.75, 3.05) is 12.0 Å². The first-order valence-electron chi connectivity index (χ1n) is 7.27. The fourth-order valence-electron chi connectivity index (χ4n) is 1.78. The van der Waals surface area contributed by atoms with Crippen molar-refractivity contribution < 1.29 is 13.2 Å². The molecule has 2 N–H and O–H groups in total. The molecule has 0 aliphatic rings.